The standard InChI is InChI=1S/C22H14N2O/c25-22-20-18-13-7-5-11-16(18)15-10-4-6-12-17(15)19(20)21(24-22)23-14-8-2-1-3-9-14/h1-13H,(H,23,24,25). The number of fused-ring (bicyclic) bond motifs is 6. The van der Waals surface area contributed by atoms with E-state index >= 15 is 0 Å². The van der Waals surface area contributed by atoms with E-state index in [1.54, 1.807) is 0 Å². The van der Waals surface area contributed by atoms with Crippen LogP contribution in [-0.4, -0.2) is 11.7 Å². The molecule has 1 aliphatic heterocycles. The summed E-state index contributed by atoms with van der Waals surface area (Å²) in [6.07, 6.45) is 0. The molecule has 4 aromatic carbocycles. The van der Waals surface area contributed by atoms with Gasteiger partial charge in [0.15, 0.2) is 0 Å². The van der Waals surface area contributed by atoms with Crippen LogP contribution in [0.15, 0.2) is 83.9 Å². The zero-order valence-electron chi connectivity index (χ0n) is 13.4. The lowest BCUT2D eigenvalue weighted by Gasteiger charge is -2.10. The summed E-state index contributed by atoms with van der Waals surface area (Å²) in [5.41, 5.74) is 2.43. The Hall–Kier alpha value is -3.46. The fourth-order valence-electron chi connectivity index (χ4n) is 3.57. The first-order valence-corrected chi connectivity index (χ1v) is 8.22. The predicted octanol–water partition coefficient (Wildman–Crippen LogP) is 4.81. The highest BCUT2D eigenvalue weighted by Crippen LogP contribution is 2.35. The second-order valence-electron chi connectivity index (χ2n) is 6.09. The van der Waals surface area contributed by atoms with Crippen molar-refractivity contribution < 1.29 is 4.79 Å². The van der Waals surface area contributed by atoms with Crippen molar-refractivity contribution in [1.82, 2.24) is 5.32 Å². The zero-order valence-corrected chi connectivity index (χ0v) is 13.4. The van der Waals surface area contributed by atoms with E-state index in [2.05, 4.69) is 23.5 Å². The third-order valence-corrected chi connectivity index (χ3v) is 4.63. The molecule has 25 heavy (non-hydrogen) atoms. The number of nitrogens with one attached hydrogen (secondary N) is 1. The first kappa shape index (κ1) is 13.9. The van der Waals surface area contributed by atoms with Gasteiger partial charge in [0.05, 0.1) is 11.3 Å². The zero-order chi connectivity index (χ0) is 16.8. The number of amides is 1. The minimum Gasteiger partial charge on any atom is -0.306 e. The molecule has 0 aliphatic carbocycles. The van der Waals surface area contributed by atoms with E-state index < -0.39 is 0 Å². The van der Waals surface area contributed by atoms with Gasteiger partial charge in [-0.15, -0.1) is 0 Å². The Morgan fingerprint density at radius 3 is 1.76 bits per heavy atom. The van der Waals surface area contributed by atoms with Crippen molar-refractivity contribution in [3.63, 3.8) is 0 Å². The molecule has 1 amide bonds. The molecule has 3 heteroatoms. The number of hydrogen-bond acceptors (Lipinski definition) is 2. The lowest BCUT2D eigenvalue weighted by Crippen LogP contribution is -2.21. The van der Waals surface area contributed by atoms with Gasteiger partial charge in [-0.05, 0) is 33.7 Å². The van der Waals surface area contributed by atoms with Crippen LogP contribution in [-0.2, 0) is 0 Å². The van der Waals surface area contributed by atoms with Crippen molar-refractivity contribution in [3.8, 4) is 0 Å². The summed E-state index contributed by atoms with van der Waals surface area (Å²) >= 11 is 0. The molecule has 5 rings (SSSR count). The summed E-state index contributed by atoms with van der Waals surface area (Å²) in [7, 11) is 0. The third-order valence-electron chi connectivity index (χ3n) is 4.63. The molecule has 0 spiro atoms. The second kappa shape index (κ2) is 5.28. The molecule has 1 N–H and O–H groups in total. The maximum absolute atomic E-state index is 12.7. The minimum atomic E-state index is -0.0911. The summed E-state index contributed by atoms with van der Waals surface area (Å²) in [6.45, 7) is 0. The number of amidine groups is 1. The van der Waals surface area contributed by atoms with Gasteiger partial charge in [-0.1, -0.05) is 66.7 Å². The van der Waals surface area contributed by atoms with E-state index in [4.69, 9.17) is 4.99 Å². The van der Waals surface area contributed by atoms with Crippen molar-refractivity contribution in [2.75, 3.05) is 0 Å². The molecular weight excluding hydrogens is 308 g/mol. The Morgan fingerprint density at radius 2 is 1.12 bits per heavy atom. The molecule has 3 nitrogen and oxygen atoms in total. The maximum atomic E-state index is 12.7. The monoisotopic (exact) mass is 322 g/mol. The third kappa shape index (κ3) is 2.06. The largest absolute Gasteiger partial charge is 0.306 e. The van der Waals surface area contributed by atoms with Gasteiger partial charge in [0.25, 0.3) is 5.91 Å². The number of carbonyl (C=O) groups excluding carboxylic acids is 1. The topological polar surface area (TPSA) is 41.5 Å². The number of nitrogens with zero attached hydrogens (tertiary/aromatic N) is 1. The quantitative estimate of drug-likeness (QED) is 0.502. The van der Waals surface area contributed by atoms with E-state index in [-0.39, 0.29) is 5.91 Å². The van der Waals surface area contributed by atoms with Gasteiger partial charge in [-0.3, -0.25) is 4.79 Å². The van der Waals surface area contributed by atoms with Gasteiger partial charge in [0.2, 0.25) is 0 Å². The van der Waals surface area contributed by atoms with Crippen LogP contribution in [0.2, 0.25) is 0 Å². The summed E-state index contributed by atoms with van der Waals surface area (Å²) < 4.78 is 0. The molecule has 1 aliphatic rings. The van der Waals surface area contributed by atoms with Crippen molar-refractivity contribution >= 4 is 39.0 Å². The van der Waals surface area contributed by atoms with Gasteiger partial charge >= 0.3 is 0 Å². The summed E-state index contributed by atoms with van der Waals surface area (Å²) in [5.74, 6) is 0.528. The van der Waals surface area contributed by atoms with Gasteiger partial charge < -0.3 is 5.32 Å². The molecule has 0 radical (unpaired) electrons. The normalized spacial score (nSPS) is 14.9. The summed E-state index contributed by atoms with van der Waals surface area (Å²) in [4.78, 5) is 17.4. The van der Waals surface area contributed by atoms with Crippen molar-refractivity contribution in [2.45, 2.75) is 0 Å². The highest BCUT2D eigenvalue weighted by molar-refractivity contribution is 6.35. The summed E-state index contributed by atoms with van der Waals surface area (Å²) in [5, 5.41) is 7.20. The van der Waals surface area contributed by atoms with Gasteiger partial charge in [0, 0.05) is 5.56 Å². The number of rotatable bonds is 1. The van der Waals surface area contributed by atoms with Gasteiger partial charge in [-0.25, -0.2) is 4.99 Å². The van der Waals surface area contributed by atoms with Crippen LogP contribution in [0.4, 0.5) is 5.69 Å². The minimum absolute atomic E-state index is 0.0911. The van der Waals surface area contributed by atoms with Crippen molar-refractivity contribution in [1.29, 1.82) is 0 Å². The Labute approximate surface area is 144 Å². The Kier molecular flexibility index (Phi) is 2.94. The maximum Gasteiger partial charge on any atom is 0.258 e. The van der Waals surface area contributed by atoms with E-state index in [1.165, 1.54) is 0 Å². The smallest absolute Gasteiger partial charge is 0.258 e. The first-order chi connectivity index (χ1) is 12.3. The number of benzene rings is 4. The Morgan fingerprint density at radius 1 is 0.600 bits per heavy atom. The van der Waals surface area contributed by atoms with Gasteiger partial charge in [-0.2, -0.15) is 0 Å². The van der Waals surface area contributed by atoms with E-state index in [0.717, 1.165) is 32.8 Å². The predicted molar refractivity (Wildman–Crippen MR) is 102 cm³/mol. The molecule has 0 saturated heterocycles. The number of hydrogen-bond donors (Lipinski definition) is 1. The highest BCUT2D eigenvalue weighted by Gasteiger charge is 2.30. The fraction of sp³-hybridized carbons (Fsp3) is 0. The first-order valence-electron chi connectivity index (χ1n) is 8.22. The number of carbonyl (C=O) groups is 1. The average Bonchev–Trinajstić information content (AvgIpc) is 2.99. The number of para-hydroxylation sites is 1. The molecule has 1 heterocycles. The van der Waals surface area contributed by atoms with Crippen LogP contribution in [0.3, 0.4) is 0 Å². The lowest BCUT2D eigenvalue weighted by molar-refractivity contribution is 0.0985. The fourth-order valence-corrected chi connectivity index (χ4v) is 3.57. The second-order valence-corrected chi connectivity index (χ2v) is 6.09. The average molecular weight is 322 g/mol. The molecule has 4 aromatic rings. The summed E-state index contributed by atoms with van der Waals surface area (Å²) in [6, 6.07) is 25.9. The lowest BCUT2D eigenvalue weighted by atomic mass is 9.92. The van der Waals surface area contributed by atoms with Crippen LogP contribution < -0.4 is 5.32 Å². The van der Waals surface area contributed by atoms with Crippen molar-refractivity contribution in [3.05, 3.63) is 90.0 Å². The number of aliphatic imine (C=N–C) groups is 1. The van der Waals surface area contributed by atoms with Crippen LogP contribution >= 0.6 is 0 Å². The van der Waals surface area contributed by atoms with Crippen LogP contribution in [0.25, 0.3) is 21.5 Å². The molecule has 0 bridgehead atoms. The molecule has 0 saturated carbocycles. The molecule has 0 fully saturated rings. The molecule has 0 aromatic heterocycles. The van der Waals surface area contributed by atoms with Gasteiger partial charge in [0.1, 0.15) is 5.84 Å². The van der Waals surface area contributed by atoms with Crippen LogP contribution in [0.5, 0.6) is 0 Å². The van der Waals surface area contributed by atoms with E-state index in [0.29, 0.717) is 11.4 Å². The van der Waals surface area contributed by atoms with E-state index in [9.17, 15) is 4.79 Å². The molecule has 0 atom stereocenters. The van der Waals surface area contributed by atoms with Crippen LogP contribution in [0.1, 0.15) is 15.9 Å². The Balaban J connectivity index is 1.92. The Bertz CT molecular complexity index is 1180. The van der Waals surface area contributed by atoms with E-state index in [1.807, 2.05) is 60.7 Å². The van der Waals surface area contributed by atoms with Crippen molar-refractivity contribution in [2.24, 2.45) is 4.99 Å². The van der Waals surface area contributed by atoms with Crippen LogP contribution in [0, 0.1) is 0 Å². The molecular formula is C22H14N2O. The molecule has 118 valence electrons. The SMILES string of the molecule is O=C1NC(=Nc2ccccc2)c2c1c1ccccc1c1ccccc21. The highest BCUT2D eigenvalue weighted by atomic mass is 16.2. The molecule has 0 unspecified atom stereocenters.